The van der Waals surface area contributed by atoms with Gasteiger partial charge in [-0.15, -0.1) is 11.3 Å². The van der Waals surface area contributed by atoms with Gasteiger partial charge in [0.25, 0.3) is 6.43 Å². The number of alkyl halides is 3. The first-order valence-corrected chi connectivity index (χ1v) is 7.35. The van der Waals surface area contributed by atoms with Crippen molar-refractivity contribution in [1.82, 2.24) is 0 Å². The van der Waals surface area contributed by atoms with Gasteiger partial charge in [-0.2, -0.15) is 0 Å². The molecule has 0 aromatic carbocycles. The van der Waals surface area contributed by atoms with Crippen molar-refractivity contribution >= 4 is 54.8 Å². The fourth-order valence-electron chi connectivity index (χ4n) is 1.02. The Hall–Kier alpha value is 0.770. The van der Waals surface area contributed by atoms with E-state index in [0.29, 0.717) is 17.4 Å². The Morgan fingerprint density at radius 2 is 2.19 bits per heavy atom. The van der Waals surface area contributed by atoms with E-state index in [9.17, 15) is 8.78 Å². The Bertz CT molecular complexity index is 316. The molecule has 1 atom stereocenters. The molecule has 0 radical (unpaired) electrons. The first-order valence-electron chi connectivity index (χ1n) is 4.45. The summed E-state index contributed by atoms with van der Waals surface area (Å²) in [7, 11) is 0. The molecule has 0 saturated heterocycles. The highest BCUT2D eigenvalue weighted by molar-refractivity contribution is 9.10. The summed E-state index contributed by atoms with van der Waals surface area (Å²) in [5.74, 6) is 0. The number of hydrogen-bond donors (Lipinski definition) is 0. The fraction of sp³-hybridized carbons (Fsp3) is 0.556. The quantitative estimate of drug-likeness (QED) is 0.468. The fourth-order valence-corrected chi connectivity index (χ4v) is 3.37. The zero-order valence-electron chi connectivity index (χ0n) is 8.06. The largest absolute Gasteiger partial charge is 0.375 e. The predicted octanol–water partition coefficient (Wildman–Crippen LogP) is 5.27. The topological polar surface area (TPSA) is 9.23 Å². The normalized spacial score (nSPS) is 13.4. The second-order valence-electron chi connectivity index (χ2n) is 2.99. The van der Waals surface area contributed by atoms with Crippen LogP contribution in [0.2, 0.25) is 4.34 Å². The molecule has 0 bridgehead atoms. The summed E-state index contributed by atoms with van der Waals surface area (Å²) in [5.41, 5.74) is 0. The molecule has 1 unspecified atom stereocenters. The number of thiophene rings is 1. The molecule has 0 amide bonds. The van der Waals surface area contributed by atoms with E-state index in [-0.39, 0.29) is 4.83 Å². The first-order chi connectivity index (χ1) is 7.50. The van der Waals surface area contributed by atoms with E-state index in [2.05, 4.69) is 31.9 Å². The van der Waals surface area contributed by atoms with Crippen LogP contribution in [0, 0.1) is 0 Å². The summed E-state index contributed by atoms with van der Waals surface area (Å²) in [6, 6.07) is 1.92. The molecule has 1 rings (SSSR count). The standard InChI is InChI=1S/C9H9Br2ClF2OS/c10-5(1-2-15-4-8(13)14)7-3-6(11)9(12)16-7/h3,5,8H,1-2,4H2. The molecule has 7 heteroatoms. The lowest BCUT2D eigenvalue weighted by Crippen LogP contribution is -2.06. The van der Waals surface area contributed by atoms with Crippen LogP contribution in [0.25, 0.3) is 0 Å². The molecule has 1 heterocycles. The van der Waals surface area contributed by atoms with Crippen LogP contribution in [0.4, 0.5) is 8.78 Å². The summed E-state index contributed by atoms with van der Waals surface area (Å²) in [6.45, 7) is -0.206. The highest BCUT2D eigenvalue weighted by Gasteiger charge is 2.13. The van der Waals surface area contributed by atoms with Gasteiger partial charge < -0.3 is 4.74 Å². The van der Waals surface area contributed by atoms with Gasteiger partial charge in [-0.1, -0.05) is 27.5 Å². The van der Waals surface area contributed by atoms with Crippen LogP contribution < -0.4 is 0 Å². The van der Waals surface area contributed by atoms with Gasteiger partial charge in [0.1, 0.15) is 10.9 Å². The summed E-state index contributed by atoms with van der Waals surface area (Å²) >= 11 is 14.1. The molecule has 16 heavy (non-hydrogen) atoms. The summed E-state index contributed by atoms with van der Waals surface area (Å²) in [6.07, 6.45) is -1.77. The van der Waals surface area contributed by atoms with Crippen molar-refractivity contribution in [2.24, 2.45) is 0 Å². The van der Waals surface area contributed by atoms with Crippen LogP contribution in [0.5, 0.6) is 0 Å². The SMILES string of the molecule is FC(F)COCCC(Br)c1cc(Br)c(Cl)s1. The highest BCUT2D eigenvalue weighted by Crippen LogP contribution is 2.39. The van der Waals surface area contributed by atoms with Gasteiger partial charge in [0, 0.05) is 16.0 Å². The summed E-state index contributed by atoms with van der Waals surface area (Å²) in [4.78, 5) is 1.14. The molecular weight excluding hydrogens is 389 g/mol. The number of rotatable bonds is 6. The van der Waals surface area contributed by atoms with Crippen LogP contribution in [0.15, 0.2) is 10.5 Å². The molecule has 0 aliphatic rings. The molecule has 0 aliphatic heterocycles. The second-order valence-corrected chi connectivity index (χ2v) is 6.64. The van der Waals surface area contributed by atoms with E-state index < -0.39 is 13.0 Å². The zero-order valence-corrected chi connectivity index (χ0v) is 12.8. The van der Waals surface area contributed by atoms with Gasteiger partial charge in [0.2, 0.25) is 0 Å². The molecule has 0 N–H and O–H groups in total. The maximum Gasteiger partial charge on any atom is 0.261 e. The van der Waals surface area contributed by atoms with Gasteiger partial charge in [-0.25, -0.2) is 8.78 Å². The highest BCUT2D eigenvalue weighted by atomic mass is 79.9. The lowest BCUT2D eigenvalue weighted by Gasteiger charge is -2.07. The smallest absolute Gasteiger partial charge is 0.261 e. The molecule has 0 fully saturated rings. The number of ether oxygens (including phenoxy) is 1. The van der Waals surface area contributed by atoms with Gasteiger partial charge in [-0.3, -0.25) is 0 Å². The van der Waals surface area contributed by atoms with Crippen LogP contribution >= 0.6 is 54.8 Å². The maximum absolute atomic E-state index is 11.8. The maximum atomic E-state index is 11.8. The van der Waals surface area contributed by atoms with Gasteiger partial charge in [-0.05, 0) is 28.4 Å². The lowest BCUT2D eigenvalue weighted by molar-refractivity contribution is 0.0168. The van der Waals surface area contributed by atoms with Gasteiger partial charge in [0.05, 0.1) is 4.83 Å². The van der Waals surface area contributed by atoms with Crippen molar-refractivity contribution in [3.8, 4) is 0 Å². The third kappa shape index (κ3) is 4.96. The Morgan fingerprint density at radius 1 is 1.50 bits per heavy atom. The lowest BCUT2D eigenvalue weighted by atomic mass is 10.3. The van der Waals surface area contributed by atoms with Crippen LogP contribution in [-0.4, -0.2) is 19.6 Å². The predicted molar refractivity (Wildman–Crippen MR) is 70.1 cm³/mol. The molecule has 0 spiro atoms. The van der Waals surface area contributed by atoms with Crippen molar-refractivity contribution in [2.45, 2.75) is 17.7 Å². The first kappa shape index (κ1) is 14.8. The van der Waals surface area contributed by atoms with Crippen molar-refractivity contribution < 1.29 is 13.5 Å². The molecule has 1 aromatic heterocycles. The van der Waals surface area contributed by atoms with Crippen molar-refractivity contribution in [1.29, 1.82) is 0 Å². The molecule has 0 aliphatic carbocycles. The Labute approximate surface area is 118 Å². The molecule has 92 valence electrons. The van der Waals surface area contributed by atoms with Crippen molar-refractivity contribution in [3.05, 3.63) is 19.8 Å². The molecule has 0 saturated carbocycles. The third-order valence-corrected chi connectivity index (χ3v) is 5.57. The summed E-state index contributed by atoms with van der Waals surface area (Å²) in [5, 5.41) is 0. The van der Waals surface area contributed by atoms with Crippen LogP contribution in [0.3, 0.4) is 0 Å². The zero-order chi connectivity index (χ0) is 12.1. The van der Waals surface area contributed by atoms with Crippen molar-refractivity contribution in [3.63, 3.8) is 0 Å². The second kappa shape index (κ2) is 7.26. The number of hydrogen-bond acceptors (Lipinski definition) is 2. The van der Waals surface area contributed by atoms with Crippen LogP contribution in [-0.2, 0) is 4.74 Å². The minimum Gasteiger partial charge on any atom is -0.375 e. The average Bonchev–Trinajstić information content (AvgIpc) is 2.54. The number of halogens is 5. The van der Waals surface area contributed by atoms with Crippen molar-refractivity contribution in [2.75, 3.05) is 13.2 Å². The van der Waals surface area contributed by atoms with Crippen LogP contribution in [0.1, 0.15) is 16.1 Å². The van der Waals surface area contributed by atoms with E-state index in [1.54, 1.807) is 0 Å². The minimum absolute atomic E-state index is 0.0824. The molecule has 1 aromatic rings. The third-order valence-electron chi connectivity index (χ3n) is 1.73. The Balaban J connectivity index is 2.32. The van der Waals surface area contributed by atoms with E-state index in [1.807, 2.05) is 6.07 Å². The Morgan fingerprint density at radius 3 is 2.69 bits per heavy atom. The van der Waals surface area contributed by atoms with E-state index in [4.69, 9.17) is 16.3 Å². The van der Waals surface area contributed by atoms with E-state index >= 15 is 0 Å². The Kier molecular flexibility index (Phi) is 6.73. The summed E-state index contributed by atoms with van der Waals surface area (Å²) < 4.78 is 29.9. The minimum atomic E-state index is -2.40. The molecular formula is C9H9Br2ClF2OS. The molecule has 1 nitrogen and oxygen atoms in total. The average molecular weight is 398 g/mol. The monoisotopic (exact) mass is 396 g/mol. The van der Waals surface area contributed by atoms with E-state index in [0.717, 1.165) is 9.35 Å². The van der Waals surface area contributed by atoms with Gasteiger partial charge in [0.15, 0.2) is 0 Å². The van der Waals surface area contributed by atoms with E-state index in [1.165, 1.54) is 11.3 Å². The van der Waals surface area contributed by atoms with Gasteiger partial charge >= 0.3 is 0 Å².